The number of carbonyl (C=O) groups excluding carboxylic acids is 2. The van der Waals surface area contributed by atoms with E-state index in [-0.39, 0.29) is 30.1 Å². The van der Waals surface area contributed by atoms with Crippen molar-refractivity contribution in [3.05, 3.63) is 102 Å². The molecule has 0 aliphatic rings. The maximum atomic E-state index is 14.6. The van der Waals surface area contributed by atoms with E-state index in [0.717, 1.165) is 48.6 Å². The molecule has 0 aliphatic heterocycles. The van der Waals surface area contributed by atoms with Crippen molar-refractivity contribution in [2.45, 2.75) is 51.3 Å². The van der Waals surface area contributed by atoms with Crippen LogP contribution in [-0.4, -0.2) is 18.3 Å². The van der Waals surface area contributed by atoms with Gasteiger partial charge in [-0.1, -0.05) is 55.7 Å². The van der Waals surface area contributed by atoms with Gasteiger partial charge < -0.3 is 14.2 Å². The lowest BCUT2D eigenvalue weighted by Crippen LogP contribution is -2.16. The Labute approximate surface area is 257 Å². The summed E-state index contributed by atoms with van der Waals surface area (Å²) in [4.78, 5) is 24.4. The second-order valence-corrected chi connectivity index (χ2v) is 10.1. The highest BCUT2D eigenvalue weighted by Crippen LogP contribution is 2.30. The van der Waals surface area contributed by atoms with Crippen LogP contribution in [0.15, 0.2) is 91.0 Å². The van der Waals surface area contributed by atoms with Crippen molar-refractivity contribution in [1.29, 1.82) is 5.26 Å². The number of alkyl halides is 3. The fraction of sp³-hybridized carbons (Fsp3) is 0.229. The van der Waals surface area contributed by atoms with Crippen LogP contribution in [0.25, 0.3) is 22.3 Å². The number of ether oxygens (including phenoxy) is 3. The van der Waals surface area contributed by atoms with Crippen molar-refractivity contribution in [3.63, 3.8) is 0 Å². The standard InChI is InChI=1S/C35H29F4NO5/c36-32-22-30(20-21-31(32)27-14-18-29(19-15-27)45-35(37,38)39)44-34(42)7-5-3-1-2-4-6-33(41)43-28-16-12-26(13-17-28)25-10-8-24(23-40)9-11-25/h8-22H,1-7H2. The highest BCUT2D eigenvalue weighted by atomic mass is 19.4. The number of esters is 2. The number of hydrogen-bond acceptors (Lipinski definition) is 6. The van der Waals surface area contributed by atoms with Gasteiger partial charge in [-0.15, -0.1) is 13.2 Å². The van der Waals surface area contributed by atoms with Crippen molar-refractivity contribution < 1.29 is 41.4 Å². The van der Waals surface area contributed by atoms with E-state index in [2.05, 4.69) is 10.8 Å². The fourth-order valence-electron chi connectivity index (χ4n) is 4.52. The molecule has 0 atom stereocenters. The molecule has 232 valence electrons. The lowest BCUT2D eigenvalue weighted by atomic mass is 10.0. The molecule has 0 N–H and O–H groups in total. The van der Waals surface area contributed by atoms with Gasteiger partial charge in [0.05, 0.1) is 11.6 Å². The van der Waals surface area contributed by atoms with Crippen LogP contribution in [0, 0.1) is 17.1 Å². The van der Waals surface area contributed by atoms with Gasteiger partial charge in [-0.3, -0.25) is 9.59 Å². The minimum atomic E-state index is -4.82. The summed E-state index contributed by atoms with van der Waals surface area (Å²) >= 11 is 0. The molecule has 0 spiro atoms. The van der Waals surface area contributed by atoms with Crippen molar-refractivity contribution in [2.75, 3.05) is 0 Å². The Morgan fingerprint density at radius 1 is 0.622 bits per heavy atom. The third-order valence-electron chi connectivity index (χ3n) is 6.77. The molecule has 0 saturated carbocycles. The molecule has 45 heavy (non-hydrogen) atoms. The predicted octanol–water partition coefficient (Wildman–Crippen LogP) is 9.17. The number of nitriles is 1. The molecule has 0 amide bonds. The molecular weight excluding hydrogens is 590 g/mol. The van der Waals surface area contributed by atoms with Crippen LogP contribution in [-0.2, 0) is 9.59 Å². The highest BCUT2D eigenvalue weighted by molar-refractivity contribution is 5.74. The molecule has 0 radical (unpaired) electrons. The Morgan fingerprint density at radius 2 is 1.09 bits per heavy atom. The lowest BCUT2D eigenvalue weighted by Gasteiger charge is -2.10. The van der Waals surface area contributed by atoms with Crippen LogP contribution >= 0.6 is 0 Å². The zero-order valence-electron chi connectivity index (χ0n) is 24.1. The third-order valence-corrected chi connectivity index (χ3v) is 6.77. The molecule has 4 rings (SSSR count). The summed E-state index contributed by atoms with van der Waals surface area (Å²) < 4.78 is 66.0. The Balaban J connectivity index is 1.10. The minimum Gasteiger partial charge on any atom is -0.427 e. The average molecular weight is 620 g/mol. The van der Waals surface area contributed by atoms with Crippen molar-refractivity contribution in [2.24, 2.45) is 0 Å². The van der Waals surface area contributed by atoms with E-state index in [0.29, 0.717) is 29.7 Å². The Hall–Kier alpha value is -5.17. The van der Waals surface area contributed by atoms with Crippen molar-refractivity contribution in [1.82, 2.24) is 0 Å². The van der Waals surface area contributed by atoms with E-state index in [4.69, 9.17) is 14.7 Å². The molecule has 0 bridgehead atoms. The Kier molecular flexibility index (Phi) is 11.3. The number of halogens is 4. The number of benzene rings is 4. The molecule has 6 nitrogen and oxygen atoms in total. The second kappa shape index (κ2) is 15.5. The van der Waals surface area contributed by atoms with Crippen LogP contribution in [0.1, 0.15) is 50.5 Å². The van der Waals surface area contributed by atoms with E-state index in [1.54, 1.807) is 24.3 Å². The summed E-state index contributed by atoms with van der Waals surface area (Å²) in [6.45, 7) is 0. The van der Waals surface area contributed by atoms with Gasteiger partial charge in [0.25, 0.3) is 0 Å². The average Bonchev–Trinajstić information content (AvgIpc) is 3.01. The summed E-state index contributed by atoms with van der Waals surface area (Å²) in [6, 6.07) is 25.1. The Morgan fingerprint density at radius 3 is 1.62 bits per heavy atom. The SMILES string of the molecule is N#Cc1ccc(-c2ccc(OC(=O)CCCCCCCC(=O)Oc3ccc(-c4ccc(OC(F)(F)F)cc4)c(F)c3)cc2)cc1. The second-order valence-electron chi connectivity index (χ2n) is 10.1. The van der Waals surface area contributed by atoms with Crippen LogP contribution in [0.5, 0.6) is 17.2 Å². The maximum Gasteiger partial charge on any atom is 0.573 e. The smallest absolute Gasteiger partial charge is 0.427 e. The molecular formula is C35H29F4NO5. The van der Waals surface area contributed by atoms with E-state index in [1.165, 1.54) is 24.3 Å². The highest BCUT2D eigenvalue weighted by Gasteiger charge is 2.31. The monoisotopic (exact) mass is 619 g/mol. The van der Waals surface area contributed by atoms with Crippen LogP contribution < -0.4 is 14.2 Å². The summed E-state index contributed by atoms with van der Waals surface area (Å²) in [6.07, 6.45) is -0.828. The van der Waals surface area contributed by atoms with Gasteiger partial charge in [0.1, 0.15) is 23.1 Å². The molecule has 0 heterocycles. The molecule has 0 fully saturated rings. The van der Waals surface area contributed by atoms with E-state index in [1.807, 2.05) is 24.3 Å². The van der Waals surface area contributed by atoms with Crippen LogP contribution in [0.4, 0.5) is 17.6 Å². The normalized spacial score (nSPS) is 11.0. The Bertz CT molecular complexity index is 1630. The van der Waals surface area contributed by atoms with Gasteiger partial charge >= 0.3 is 18.3 Å². The first-order valence-corrected chi connectivity index (χ1v) is 14.3. The largest absolute Gasteiger partial charge is 0.573 e. The van der Waals surface area contributed by atoms with Crippen LogP contribution in [0.2, 0.25) is 0 Å². The fourth-order valence-corrected chi connectivity index (χ4v) is 4.52. The number of unbranched alkanes of at least 4 members (excludes halogenated alkanes) is 4. The predicted molar refractivity (Wildman–Crippen MR) is 159 cm³/mol. The van der Waals surface area contributed by atoms with Crippen molar-refractivity contribution in [3.8, 4) is 45.6 Å². The minimum absolute atomic E-state index is 0.0284. The molecule has 0 aromatic heterocycles. The van der Waals surface area contributed by atoms with E-state index >= 15 is 0 Å². The van der Waals surface area contributed by atoms with E-state index in [9.17, 15) is 27.2 Å². The number of hydrogen-bond donors (Lipinski definition) is 0. The van der Waals surface area contributed by atoms with Gasteiger partial charge in [0.15, 0.2) is 0 Å². The molecule has 10 heteroatoms. The first-order chi connectivity index (χ1) is 21.6. The zero-order chi connectivity index (χ0) is 32.2. The third kappa shape index (κ3) is 10.5. The molecule has 4 aromatic carbocycles. The van der Waals surface area contributed by atoms with Gasteiger partial charge in [-0.25, -0.2) is 4.39 Å². The van der Waals surface area contributed by atoms with Gasteiger partial charge in [-0.2, -0.15) is 5.26 Å². The summed E-state index contributed by atoms with van der Waals surface area (Å²) in [7, 11) is 0. The molecule has 4 aromatic rings. The summed E-state index contributed by atoms with van der Waals surface area (Å²) in [5.74, 6) is -1.46. The first-order valence-electron chi connectivity index (χ1n) is 14.3. The summed E-state index contributed by atoms with van der Waals surface area (Å²) in [5.41, 5.74) is 2.95. The zero-order valence-corrected chi connectivity index (χ0v) is 24.1. The van der Waals surface area contributed by atoms with Gasteiger partial charge in [0, 0.05) is 24.5 Å². The first kappa shape index (κ1) is 32.7. The quantitative estimate of drug-likeness (QED) is 0.0642. The molecule has 0 aliphatic carbocycles. The maximum absolute atomic E-state index is 14.6. The lowest BCUT2D eigenvalue weighted by molar-refractivity contribution is -0.274. The topological polar surface area (TPSA) is 85.6 Å². The number of rotatable bonds is 13. The van der Waals surface area contributed by atoms with Gasteiger partial charge in [0.2, 0.25) is 0 Å². The number of nitrogens with zero attached hydrogens (tertiary/aromatic N) is 1. The van der Waals surface area contributed by atoms with Gasteiger partial charge in [-0.05, 0) is 78.1 Å². The van der Waals surface area contributed by atoms with Crippen LogP contribution in [0.3, 0.4) is 0 Å². The van der Waals surface area contributed by atoms with E-state index < -0.39 is 23.9 Å². The molecule has 0 unspecified atom stereocenters. The van der Waals surface area contributed by atoms with Crippen molar-refractivity contribution >= 4 is 11.9 Å². The molecule has 0 saturated heterocycles. The summed E-state index contributed by atoms with van der Waals surface area (Å²) in [5, 5.41) is 8.92. The number of carbonyl (C=O) groups is 2.